The number of piperidine rings is 1. The van der Waals surface area contributed by atoms with Crippen LogP contribution in [0, 0.1) is 32.5 Å². The topological polar surface area (TPSA) is 66.5 Å². The number of hydrogen-bond donors (Lipinski definition) is 1. The van der Waals surface area contributed by atoms with Gasteiger partial charge in [0.05, 0.1) is 10.9 Å². The summed E-state index contributed by atoms with van der Waals surface area (Å²) in [6, 6.07) is 15.3. The van der Waals surface area contributed by atoms with E-state index in [1.54, 1.807) is 12.1 Å². The van der Waals surface area contributed by atoms with E-state index in [1.807, 2.05) is 57.2 Å². The number of benzene rings is 3. The van der Waals surface area contributed by atoms with Gasteiger partial charge in [0.2, 0.25) is 15.9 Å². The van der Waals surface area contributed by atoms with E-state index in [0.29, 0.717) is 28.3 Å². The number of amides is 1. The number of carbonyl (C=O) groups is 1. The maximum Gasteiger partial charge on any atom is 0.243 e. The molecule has 202 valence electrons. The highest BCUT2D eigenvalue weighted by atomic mass is 79.9. The lowest BCUT2D eigenvalue weighted by Crippen LogP contribution is -2.44. The molecule has 38 heavy (non-hydrogen) atoms. The Labute approximate surface area is 237 Å². The number of halogens is 3. The Hall–Kier alpha value is -2.26. The van der Waals surface area contributed by atoms with Crippen LogP contribution in [0.4, 0.5) is 4.39 Å². The zero-order valence-corrected chi connectivity index (χ0v) is 24.8. The van der Waals surface area contributed by atoms with Gasteiger partial charge in [-0.05, 0) is 68.5 Å². The summed E-state index contributed by atoms with van der Waals surface area (Å²) >= 11 is 9.85. The molecule has 1 aliphatic rings. The van der Waals surface area contributed by atoms with Crippen molar-refractivity contribution < 1.29 is 17.6 Å². The minimum absolute atomic E-state index is 0.180. The van der Waals surface area contributed by atoms with Crippen LogP contribution in [0.5, 0.6) is 0 Å². The van der Waals surface area contributed by atoms with Crippen molar-refractivity contribution in [3.05, 3.63) is 97.7 Å². The Morgan fingerprint density at radius 2 is 1.71 bits per heavy atom. The molecule has 1 saturated heterocycles. The van der Waals surface area contributed by atoms with Gasteiger partial charge in [0, 0.05) is 40.5 Å². The molecule has 0 saturated carbocycles. The number of aryl methyl sites for hydroxylation is 3. The largest absolute Gasteiger partial charge is 0.349 e. The summed E-state index contributed by atoms with van der Waals surface area (Å²) in [5.41, 5.74) is 3.62. The van der Waals surface area contributed by atoms with Crippen LogP contribution < -0.4 is 5.32 Å². The predicted octanol–water partition coefficient (Wildman–Crippen LogP) is 6.67. The number of nitrogens with zero attached hydrogens (tertiary/aromatic N) is 1. The van der Waals surface area contributed by atoms with Gasteiger partial charge in [0.15, 0.2) is 0 Å². The first-order valence-corrected chi connectivity index (χ1v) is 15.2. The molecule has 1 heterocycles. The number of hydrogen-bond acceptors (Lipinski definition) is 3. The molecule has 0 bridgehead atoms. The second-order valence-corrected chi connectivity index (χ2v) is 13.0. The molecular formula is C29H31BrClFN2O3S. The lowest BCUT2D eigenvalue weighted by molar-refractivity contribution is -0.126. The predicted molar refractivity (Wildman–Crippen MR) is 152 cm³/mol. The molecule has 1 amide bonds. The van der Waals surface area contributed by atoms with Crippen LogP contribution in [0.1, 0.15) is 46.7 Å². The monoisotopic (exact) mass is 620 g/mol. The number of sulfonamides is 1. The van der Waals surface area contributed by atoms with E-state index in [2.05, 4.69) is 21.2 Å². The highest BCUT2D eigenvalue weighted by Gasteiger charge is 2.34. The quantitative estimate of drug-likeness (QED) is 0.321. The van der Waals surface area contributed by atoms with Gasteiger partial charge < -0.3 is 5.32 Å². The van der Waals surface area contributed by atoms with E-state index < -0.39 is 21.9 Å². The smallest absolute Gasteiger partial charge is 0.243 e. The zero-order chi connectivity index (χ0) is 27.6. The molecule has 1 atom stereocenters. The average Bonchev–Trinajstić information content (AvgIpc) is 2.85. The summed E-state index contributed by atoms with van der Waals surface area (Å²) in [5, 5.41) is 3.40. The van der Waals surface area contributed by atoms with Crippen molar-refractivity contribution >= 4 is 43.5 Å². The fraction of sp³-hybridized carbons (Fsp3) is 0.345. The van der Waals surface area contributed by atoms with E-state index in [1.165, 1.54) is 10.4 Å². The fourth-order valence-corrected chi connectivity index (χ4v) is 7.96. The van der Waals surface area contributed by atoms with Crippen molar-refractivity contribution in [2.24, 2.45) is 5.92 Å². The van der Waals surface area contributed by atoms with Gasteiger partial charge in [-0.25, -0.2) is 12.8 Å². The van der Waals surface area contributed by atoms with Crippen LogP contribution in [-0.4, -0.2) is 31.7 Å². The van der Waals surface area contributed by atoms with Gasteiger partial charge in [0.1, 0.15) is 5.82 Å². The number of nitrogens with one attached hydrogen (secondary N) is 1. The molecule has 1 unspecified atom stereocenters. The third-order valence-electron chi connectivity index (χ3n) is 7.09. The lowest BCUT2D eigenvalue weighted by atomic mass is 9.94. The van der Waals surface area contributed by atoms with E-state index in [0.717, 1.165) is 26.7 Å². The Bertz CT molecular complexity index is 1410. The van der Waals surface area contributed by atoms with Crippen LogP contribution in [0.3, 0.4) is 0 Å². The summed E-state index contributed by atoms with van der Waals surface area (Å²) in [5.74, 6) is -0.968. The molecule has 1 aliphatic heterocycles. The van der Waals surface area contributed by atoms with Crippen molar-refractivity contribution in [1.29, 1.82) is 0 Å². The van der Waals surface area contributed by atoms with Crippen molar-refractivity contribution in [3.8, 4) is 0 Å². The van der Waals surface area contributed by atoms with E-state index in [-0.39, 0.29) is 31.3 Å². The zero-order valence-electron chi connectivity index (χ0n) is 21.6. The highest BCUT2D eigenvalue weighted by molar-refractivity contribution is 9.10. The SMILES string of the molecule is Cc1cc(C)c(S(=O)(=O)N2CCC(C(=O)NC(Cc3c(F)cccc3Cl)c3ccccc3Br)CC2)c(C)c1. The molecule has 9 heteroatoms. The lowest BCUT2D eigenvalue weighted by Gasteiger charge is -2.32. The second kappa shape index (κ2) is 11.9. The van der Waals surface area contributed by atoms with Crippen molar-refractivity contribution in [1.82, 2.24) is 9.62 Å². The Balaban J connectivity index is 1.50. The number of rotatable bonds is 7. The van der Waals surface area contributed by atoms with Gasteiger partial charge in [0.25, 0.3) is 0 Å². The minimum Gasteiger partial charge on any atom is -0.349 e. The van der Waals surface area contributed by atoms with Crippen LogP contribution in [-0.2, 0) is 21.2 Å². The Kier molecular flexibility index (Phi) is 8.97. The van der Waals surface area contributed by atoms with E-state index in [4.69, 9.17) is 11.6 Å². The van der Waals surface area contributed by atoms with Crippen molar-refractivity contribution in [3.63, 3.8) is 0 Å². The van der Waals surface area contributed by atoms with Gasteiger partial charge in [-0.1, -0.05) is 69.5 Å². The summed E-state index contributed by atoms with van der Waals surface area (Å²) in [4.78, 5) is 13.8. The number of carbonyl (C=O) groups excluding carboxylic acids is 1. The molecule has 1 N–H and O–H groups in total. The van der Waals surface area contributed by atoms with Gasteiger partial charge in [-0.15, -0.1) is 0 Å². The van der Waals surface area contributed by atoms with Crippen LogP contribution in [0.15, 0.2) is 64.0 Å². The van der Waals surface area contributed by atoms with Crippen LogP contribution >= 0.6 is 27.5 Å². The van der Waals surface area contributed by atoms with Crippen molar-refractivity contribution in [2.75, 3.05) is 13.1 Å². The molecule has 3 aromatic carbocycles. The fourth-order valence-electron chi connectivity index (χ4n) is 5.28. The third kappa shape index (κ3) is 6.14. The van der Waals surface area contributed by atoms with Crippen LogP contribution in [0.25, 0.3) is 0 Å². The van der Waals surface area contributed by atoms with Gasteiger partial charge in [-0.2, -0.15) is 4.31 Å². The molecule has 1 fully saturated rings. The minimum atomic E-state index is -3.67. The van der Waals surface area contributed by atoms with Gasteiger partial charge >= 0.3 is 0 Å². The molecule has 0 radical (unpaired) electrons. The Morgan fingerprint density at radius 3 is 2.32 bits per heavy atom. The average molecular weight is 622 g/mol. The summed E-state index contributed by atoms with van der Waals surface area (Å²) in [6.45, 7) is 6.09. The normalized spacial score (nSPS) is 15.8. The van der Waals surface area contributed by atoms with Gasteiger partial charge in [-0.3, -0.25) is 4.79 Å². The van der Waals surface area contributed by atoms with E-state index in [9.17, 15) is 17.6 Å². The first kappa shape index (κ1) is 28.7. The highest BCUT2D eigenvalue weighted by Crippen LogP contribution is 2.32. The van der Waals surface area contributed by atoms with Crippen molar-refractivity contribution in [2.45, 2.75) is 51.0 Å². The maximum absolute atomic E-state index is 14.6. The molecule has 0 aromatic heterocycles. The molecule has 5 nitrogen and oxygen atoms in total. The maximum atomic E-state index is 14.6. The first-order valence-electron chi connectivity index (χ1n) is 12.5. The molecule has 0 spiro atoms. The summed E-state index contributed by atoms with van der Waals surface area (Å²) in [7, 11) is -3.67. The molecule has 3 aromatic rings. The molecule has 0 aliphatic carbocycles. The van der Waals surface area contributed by atoms with Crippen LogP contribution in [0.2, 0.25) is 5.02 Å². The Morgan fingerprint density at radius 1 is 1.08 bits per heavy atom. The third-order valence-corrected chi connectivity index (χ3v) is 10.4. The molecular weight excluding hydrogens is 591 g/mol. The first-order chi connectivity index (χ1) is 18.0. The second-order valence-electron chi connectivity index (χ2n) is 9.89. The summed E-state index contributed by atoms with van der Waals surface area (Å²) in [6.07, 6.45) is 0.982. The summed E-state index contributed by atoms with van der Waals surface area (Å²) < 4.78 is 43.8. The van der Waals surface area contributed by atoms with E-state index >= 15 is 0 Å². The molecule has 4 rings (SSSR count). The standard InChI is InChI=1S/C29H31BrClFN2O3S/c1-18-15-19(2)28(20(3)16-18)38(36,37)34-13-11-21(12-14-34)29(35)33-27(22-7-4-5-8-24(22)30)17-23-25(31)9-6-10-26(23)32/h4-10,15-16,21,27H,11-14,17H2,1-3H3,(H,33,35).